The summed E-state index contributed by atoms with van der Waals surface area (Å²) < 4.78 is 0. The highest BCUT2D eigenvalue weighted by Gasteiger charge is 1.92. The summed E-state index contributed by atoms with van der Waals surface area (Å²) in [7, 11) is 0.241. The molecule has 0 radical (unpaired) electrons. The van der Waals surface area contributed by atoms with Crippen molar-refractivity contribution in [1.82, 2.24) is 0 Å². The molecule has 1 heteroatoms. The molecule has 0 amide bonds. The first-order chi connectivity index (χ1) is 3.39. The molecule has 1 heterocycles. The van der Waals surface area contributed by atoms with Crippen molar-refractivity contribution in [3.05, 3.63) is 24.0 Å². The van der Waals surface area contributed by atoms with E-state index in [0.29, 0.717) is 0 Å². The molecule has 0 aromatic heterocycles. The minimum atomic E-state index is 0.241. The summed E-state index contributed by atoms with van der Waals surface area (Å²) in [6, 6.07) is 0. The second-order valence-corrected chi connectivity index (χ2v) is 3.89. The minimum absolute atomic E-state index is 0.241. The topological polar surface area (TPSA) is 0 Å². The Balaban J connectivity index is 2.49. The Hall–Kier alpha value is -0.0900. The second-order valence-electron chi connectivity index (χ2n) is 1.71. The van der Waals surface area contributed by atoms with Crippen molar-refractivity contribution in [2.75, 3.05) is 12.8 Å². The molecule has 1 rings (SSSR count). The largest absolute Gasteiger partial charge is 0.0826 e. The lowest BCUT2D eigenvalue weighted by molar-refractivity contribution is 1.69. The average molecular weight is 112 g/mol. The Bertz CT molecular complexity index is 103. The van der Waals surface area contributed by atoms with Crippen LogP contribution in [0, 0.1) is 0 Å². The quantitative estimate of drug-likeness (QED) is 0.421. The molecule has 0 fully saturated rings. The summed E-state index contributed by atoms with van der Waals surface area (Å²) in [4.78, 5) is 0. The normalized spacial score (nSPS) is 28.4. The smallest absolute Gasteiger partial charge is 0.0109 e. The van der Waals surface area contributed by atoms with Gasteiger partial charge in [0.1, 0.15) is 0 Å². The highest BCUT2D eigenvalue weighted by atomic mass is 31.1. The van der Waals surface area contributed by atoms with Gasteiger partial charge in [0, 0.05) is 0 Å². The zero-order valence-corrected chi connectivity index (χ0v) is 5.36. The van der Waals surface area contributed by atoms with E-state index < -0.39 is 0 Å². The molecule has 7 heavy (non-hydrogen) atoms. The maximum absolute atomic E-state index is 2.29. The van der Waals surface area contributed by atoms with Crippen LogP contribution in [-0.4, -0.2) is 12.8 Å². The van der Waals surface area contributed by atoms with Crippen molar-refractivity contribution in [2.45, 2.75) is 0 Å². The van der Waals surface area contributed by atoms with Gasteiger partial charge in [-0.15, -0.1) is 0 Å². The molecule has 1 aliphatic heterocycles. The van der Waals surface area contributed by atoms with Crippen LogP contribution in [-0.2, 0) is 0 Å². The van der Waals surface area contributed by atoms with Crippen LogP contribution in [0.15, 0.2) is 24.0 Å². The van der Waals surface area contributed by atoms with E-state index in [-0.39, 0.29) is 7.92 Å². The van der Waals surface area contributed by atoms with Crippen LogP contribution in [0.1, 0.15) is 0 Å². The standard InChI is InChI=1S/C6H9P/c1-7-5-3-2-4-6-7/h2-5H,6H2,1H3. The van der Waals surface area contributed by atoms with E-state index in [9.17, 15) is 0 Å². The Morgan fingerprint density at radius 2 is 2.29 bits per heavy atom. The number of hydrogen-bond acceptors (Lipinski definition) is 0. The van der Waals surface area contributed by atoms with Gasteiger partial charge in [0.15, 0.2) is 0 Å². The molecule has 38 valence electrons. The van der Waals surface area contributed by atoms with E-state index in [0.717, 1.165) is 0 Å². The molecule has 0 aliphatic carbocycles. The third-order valence-electron chi connectivity index (χ3n) is 0.981. The van der Waals surface area contributed by atoms with Gasteiger partial charge in [0.05, 0.1) is 0 Å². The fourth-order valence-electron chi connectivity index (χ4n) is 0.563. The van der Waals surface area contributed by atoms with Gasteiger partial charge in [-0.3, -0.25) is 0 Å². The molecule has 1 atom stereocenters. The van der Waals surface area contributed by atoms with Gasteiger partial charge >= 0.3 is 0 Å². The van der Waals surface area contributed by atoms with E-state index in [1.165, 1.54) is 6.16 Å². The lowest BCUT2D eigenvalue weighted by atomic mass is 10.5. The number of rotatable bonds is 0. The third kappa shape index (κ3) is 1.44. The van der Waals surface area contributed by atoms with Crippen molar-refractivity contribution in [2.24, 2.45) is 0 Å². The van der Waals surface area contributed by atoms with Crippen molar-refractivity contribution in [3.8, 4) is 0 Å². The van der Waals surface area contributed by atoms with E-state index >= 15 is 0 Å². The van der Waals surface area contributed by atoms with Crippen LogP contribution >= 0.6 is 7.92 Å². The molecule has 0 nitrogen and oxygen atoms in total. The zero-order valence-electron chi connectivity index (χ0n) is 4.46. The van der Waals surface area contributed by atoms with Crippen LogP contribution in [0.2, 0.25) is 0 Å². The lowest BCUT2D eigenvalue weighted by Gasteiger charge is -2.03. The Kier molecular flexibility index (Phi) is 1.64. The van der Waals surface area contributed by atoms with E-state index in [1.54, 1.807) is 0 Å². The molecule has 0 aromatic carbocycles. The Labute approximate surface area is 45.7 Å². The molecule has 0 bridgehead atoms. The van der Waals surface area contributed by atoms with E-state index in [4.69, 9.17) is 0 Å². The Morgan fingerprint density at radius 1 is 1.43 bits per heavy atom. The summed E-state index contributed by atoms with van der Waals surface area (Å²) in [5.41, 5.74) is 0. The molecule has 0 N–H and O–H groups in total. The molecule has 0 spiro atoms. The fourth-order valence-corrected chi connectivity index (χ4v) is 1.53. The molecule has 1 aliphatic rings. The molecule has 0 saturated carbocycles. The predicted octanol–water partition coefficient (Wildman–Crippen LogP) is 2.18. The van der Waals surface area contributed by atoms with Crippen molar-refractivity contribution >= 4 is 7.92 Å². The van der Waals surface area contributed by atoms with E-state index in [2.05, 4.69) is 30.7 Å². The first-order valence-corrected chi connectivity index (χ1v) is 4.47. The molecule has 1 unspecified atom stereocenters. The van der Waals surface area contributed by atoms with Crippen LogP contribution < -0.4 is 0 Å². The van der Waals surface area contributed by atoms with Crippen LogP contribution in [0.5, 0.6) is 0 Å². The SMILES string of the molecule is CP1C=CC=CC1. The fraction of sp³-hybridized carbons (Fsp3) is 0.333. The first-order valence-electron chi connectivity index (χ1n) is 2.43. The molecular formula is C6H9P. The van der Waals surface area contributed by atoms with Gasteiger partial charge in [0.2, 0.25) is 0 Å². The number of allylic oxidation sites excluding steroid dienone is 3. The van der Waals surface area contributed by atoms with Crippen LogP contribution in [0.3, 0.4) is 0 Å². The molecular weight excluding hydrogens is 103 g/mol. The van der Waals surface area contributed by atoms with Crippen LogP contribution in [0.4, 0.5) is 0 Å². The molecule has 0 saturated heterocycles. The van der Waals surface area contributed by atoms with Crippen LogP contribution in [0.25, 0.3) is 0 Å². The summed E-state index contributed by atoms with van der Waals surface area (Å²) in [6.45, 7) is 2.29. The summed E-state index contributed by atoms with van der Waals surface area (Å²) in [5, 5.41) is 0. The average Bonchev–Trinajstić information content (AvgIpc) is 1.69. The van der Waals surface area contributed by atoms with Gasteiger partial charge in [-0.25, -0.2) is 0 Å². The summed E-state index contributed by atoms with van der Waals surface area (Å²) >= 11 is 0. The summed E-state index contributed by atoms with van der Waals surface area (Å²) in [6.07, 6.45) is 7.76. The van der Waals surface area contributed by atoms with Gasteiger partial charge in [-0.05, 0) is 12.8 Å². The monoisotopic (exact) mass is 112 g/mol. The van der Waals surface area contributed by atoms with Crippen molar-refractivity contribution in [1.29, 1.82) is 0 Å². The third-order valence-corrected chi connectivity index (χ3v) is 2.45. The predicted molar refractivity (Wildman–Crippen MR) is 36.0 cm³/mol. The van der Waals surface area contributed by atoms with Gasteiger partial charge in [-0.2, -0.15) is 0 Å². The van der Waals surface area contributed by atoms with Gasteiger partial charge in [-0.1, -0.05) is 32.0 Å². The first kappa shape index (κ1) is 5.05. The lowest BCUT2D eigenvalue weighted by Crippen LogP contribution is -1.75. The maximum atomic E-state index is 2.29. The van der Waals surface area contributed by atoms with Gasteiger partial charge in [0.25, 0.3) is 0 Å². The summed E-state index contributed by atoms with van der Waals surface area (Å²) in [5.74, 6) is 2.29. The minimum Gasteiger partial charge on any atom is -0.0826 e. The van der Waals surface area contributed by atoms with E-state index in [1.807, 2.05) is 0 Å². The van der Waals surface area contributed by atoms with Crippen molar-refractivity contribution < 1.29 is 0 Å². The highest BCUT2D eigenvalue weighted by Crippen LogP contribution is 2.33. The highest BCUT2D eigenvalue weighted by molar-refractivity contribution is 7.60. The maximum Gasteiger partial charge on any atom is -0.0109 e. The molecule has 0 aromatic rings. The number of hydrogen-bond donors (Lipinski definition) is 0. The Morgan fingerprint density at radius 3 is 2.57 bits per heavy atom. The van der Waals surface area contributed by atoms with Crippen molar-refractivity contribution in [3.63, 3.8) is 0 Å². The second kappa shape index (κ2) is 2.28. The van der Waals surface area contributed by atoms with Gasteiger partial charge < -0.3 is 0 Å². The zero-order chi connectivity index (χ0) is 5.11.